The second-order valence-corrected chi connectivity index (χ2v) is 7.37. The molecule has 2 aromatic rings. The molecule has 0 aliphatic heterocycles. The zero-order valence-corrected chi connectivity index (χ0v) is 15.5. The predicted octanol–water partition coefficient (Wildman–Crippen LogP) is 3.17. The van der Waals surface area contributed by atoms with Crippen LogP contribution in [0.3, 0.4) is 0 Å². The number of hydrogen-bond acceptors (Lipinski definition) is 5. The van der Waals surface area contributed by atoms with E-state index < -0.39 is 22.0 Å². The fourth-order valence-electron chi connectivity index (χ4n) is 2.20. The number of ether oxygens (including phenoxy) is 2. The van der Waals surface area contributed by atoms with Crippen molar-refractivity contribution in [1.29, 1.82) is 0 Å². The molecule has 0 aliphatic rings. The first-order valence-electron chi connectivity index (χ1n) is 7.32. The molecule has 0 amide bonds. The second kappa shape index (κ2) is 7.86. The highest BCUT2D eigenvalue weighted by Crippen LogP contribution is 2.23. The number of methoxy groups -OCH3 is 2. The Kier molecular flexibility index (Phi) is 6.05. The number of nitrogens with one attached hydrogen (secondary N) is 1. The maximum absolute atomic E-state index is 12.6. The topological polar surface area (TPSA) is 81.7 Å². The molecule has 1 N–H and O–H groups in total. The van der Waals surface area contributed by atoms with Gasteiger partial charge < -0.3 is 9.47 Å². The molecule has 0 unspecified atom stereocenters. The Bertz CT molecular complexity index is 865. The minimum Gasteiger partial charge on any atom is -0.497 e. The molecule has 2 aromatic carbocycles. The van der Waals surface area contributed by atoms with Gasteiger partial charge in [-0.05, 0) is 42.8 Å². The summed E-state index contributed by atoms with van der Waals surface area (Å²) in [5, 5.41) is 0.119. The first-order chi connectivity index (χ1) is 11.8. The van der Waals surface area contributed by atoms with Gasteiger partial charge in [0.15, 0.2) is 0 Å². The van der Waals surface area contributed by atoms with E-state index >= 15 is 0 Å². The molecule has 6 nitrogen and oxygen atoms in total. The van der Waals surface area contributed by atoms with Gasteiger partial charge in [-0.25, -0.2) is 17.9 Å². The van der Waals surface area contributed by atoms with Crippen LogP contribution in [0.15, 0.2) is 47.4 Å². The number of esters is 1. The summed E-state index contributed by atoms with van der Waals surface area (Å²) in [7, 11) is -1.10. The molecule has 0 radical (unpaired) electrons. The Balaban J connectivity index is 2.27. The minimum absolute atomic E-state index is 0.0101. The van der Waals surface area contributed by atoms with Crippen LogP contribution in [0.25, 0.3) is 0 Å². The van der Waals surface area contributed by atoms with Crippen molar-refractivity contribution in [3.05, 3.63) is 58.6 Å². The van der Waals surface area contributed by atoms with Gasteiger partial charge in [0.05, 0.1) is 29.7 Å². The summed E-state index contributed by atoms with van der Waals surface area (Å²) in [5.41, 5.74) is 0.760. The lowest BCUT2D eigenvalue weighted by atomic mass is 10.1. The number of carbonyl (C=O) groups excluding carboxylic acids is 1. The Hall–Kier alpha value is -2.09. The minimum atomic E-state index is -3.85. The van der Waals surface area contributed by atoms with Crippen LogP contribution < -0.4 is 9.46 Å². The first-order valence-corrected chi connectivity index (χ1v) is 9.18. The predicted molar refractivity (Wildman–Crippen MR) is 94.5 cm³/mol. The van der Waals surface area contributed by atoms with E-state index in [9.17, 15) is 13.2 Å². The smallest absolute Gasteiger partial charge is 0.339 e. The highest BCUT2D eigenvalue weighted by molar-refractivity contribution is 7.89. The fourth-order valence-corrected chi connectivity index (χ4v) is 3.65. The van der Waals surface area contributed by atoms with Crippen LogP contribution >= 0.6 is 11.6 Å². The lowest BCUT2D eigenvalue weighted by Gasteiger charge is -2.15. The molecule has 0 bridgehead atoms. The Labute approximate surface area is 151 Å². The molecule has 0 spiro atoms. The summed E-state index contributed by atoms with van der Waals surface area (Å²) in [4.78, 5) is 11.6. The van der Waals surface area contributed by atoms with Crippen LogP contribution in [0, 0.1) is 0 Å². The van der Waals surface area contributed by atoms with E-state index in [0.717, 1.165) is 5.56 Å². The first kappa shape index (κ1) is 19.2. The van der Waals surface area contributed by atoms with E-state index in [1.165, 1.54) is 25.3 Å². The lowest BCUT2D eigenvalue weighted by Crippen LogP contribution is -2.27. The molecule has 0 fully saturated rings. The van der Waals surface area contributed by atoms with Crippen LogP contribution in [-0.2, 0) is 14.8 Å². The number of carbonyl (C=O) groups is 1. The summed E-state index contributed by atoms with van der Waals surface area (Å²) in [5.74, 6) is -0.0236. The number of halogens is 1. The molecule has 8 heteroatoms. The van der Waals surface area contributed by atoms with Gasteiger partial charge in [-0.1, -0.05) is 23.7 Å². The van der Waals surface area contributed by atoms with Crippen LogP contribution in [0.4, 0.5) is 0 Å². The van der Waals surface area contributed by atoms with Gasteiger partial charge in [-0.3, -0.25) is 0 Å². The van der Waals surface area contributed by atoms with Crippen molar-refractivity contribution in [1.82, 2.24) is 4.72 Å². The van der Waals surface area contributed by atoms with Crippen molar-refractivity contribution < 1.29 is 22.7 Å². The SMILES string of the molecule is COC(=O)c1cc(S(=O)(=O)N[C@H](C)c2ccc(OC)cc2)ccc1Cl. The number of rotatable bonds is 6. The summed E-state index contributed by atoms with van der Waals surface area (Å²) in [6.07, 6.45) is 0. The fraction of sp³-hybridized carbons (Fsp3) is 0.235. The van der Waals surface area contributed by atoms with Crippen LogP contribution in [0.2, 0.25) is 5.02 Å². The molecular weight excluding hydrogens is 366 g/mol. The summed E-state index contributed by atoms with van der Waals surface area (Å²) in [6, 6.07) is 10.4. The van der Waals surface area contributed by atoms with E-state index in [4.69, 9.17) is 16.3 Å². The largest absolute Gasteiger partial charge is 0.497 e. The lowest BCUT2D eigenvalue weighted by molar-refractivity contribution is 0.0600. The average molecular weight is 384 g/mol. The molecule has 0 saturated carbocycles. The van der Waals surface area contributed by atoms with Gasteiger partial charge in [0, 0.05) is 6.04 Å². The van der Waals surface area contributed by atoms with Gasteiger partial charge in [0.2, 0.25) is 10.0 Å². The third kappa shape index (κ3) is 4.50. The van der Waals surface area contributed by atoms with E-state index in [1.807, 2.05) is 0 Å². The van der Waals surface area contributed by atoms with Crippen LogP contribution in [-0.4, -0.2) is 28.6 Å². The van der Waals surface area contributed by atoms with Gasteiger partial charge >= 0.3 is 5.97 Å². The van der Waals surface area contributed by atoms with E-state index in [1.54, 1.807) is 38.3 Å². The highest BCUT2D eigenvalue weighted by Gasteiger charge is 2.21. The Morgan fingerprint density at radius 1 is 1.12 bits per heavy atom. The molecule has 25 heavy (non-hydrogen) atoms. The van der Waals surface area contributed by atoms with Crippen LogP contribution in [0.1, 0.15) is 28.9 Å². The van der Waals surface area contributed by atoms with E-state index in [2.05, 4.69) is 9.46 Å². The second-order valence-electron chi connectivity index (χ2n) is 5.25. The van der Waals surface area contributed by atoms with E-state index in [0.29, 0.717) is 5.75 Å². The third-order valence-electron chi connectivity index (χ3n) is 3.60. The number of benzene rings is 2. The molecule has 1 atom stereocenters. The molecule has 0 aromatic heterocycles. The van der Waals surface area contributed by atoms with Crippen molar-refractivity contribution in [3.8, 4) is 5.75 Å². The van der Waals surface area contributed by atoms with Crippen molar-refractivity contribution in [3.63, 3.8) is 0 Å². The summed E-state index contributed by atoms with van der Waals surface area (Å²) >= 11 is 5.92. The van der Waals surface area contributed by atoms with E-state index in [-0.39, 0.29) is 15.5 Å². The maximum Gasteiger partial charge on any atom is 0.339 e. The molecule has 0 saturated heterocycles. The zero-order chi connectivity index (χ0) is 18.6. The van der Waals surface area contributed by atoms with Crippen molar-refractivity contribution in [2.75, 3.05) is 14.2 Å². The molecule has 0 aliphatic carbocycles. The zero-order valence-electron chi connectivity index (χ0n) is 13.9. The van der Waals surface area contributed by atoms with Crippen molar-refractivity contribution in [2.45, 2.75) is 17.9 Å². The van der Waals surface area contributed by atoms with Gasteiger partial charge in [-0.2, -0.15) is 0 Å². The Morgan fingerprint density at radius 2 is 1.76 bits per heavy atom. The molecular formula is C17H18ClNO5S. The molecule has 0 heterocycles. The van der Waals surface area contributed by atoms with Gasteiger partial charge in [0.25, 0.3) is 0 Å². The number of sulfonamides is 1. The van der Waals surface area contributed by atoms with Crippen molar-refractivity contribution >= 4 is 27.6 Å². The maximum atomic E-state index is 12.6. The highest BCUT2D eigenvalue weighted by atomic mass is 35.5. The quantitative estimate of drug-likeness (QED) is 0.775. The Morgan fingerprint density at radius 3 is 2.32 bits per heavy atom. The average Bonchev–Trinajstić information content (AvgIpc) is 2.61. The van der Waals surface area contributed by atoms with Gasteiger partial charge in [-0.15, -0.1) is 0 Å². The number of hydrogen-bond donors (Lipinski definition) is 1. The van der Waals surface area contributed by atoms with Crippen LogP contribution in [0.5, 0.6) is 5.75 Å². The third-order valence-corrected chi connectivity index (χ3v) is 5.47. The van der Waals surface area contributed by atoms with Crippen molar-refractivity contribution in [2.24, 2.45) is 0 Å². The molecule has 134 valence electrons. The standard InChI is InChI=1S/C17H18ClNO5S/c1-11(12-4-6-13(23-2)7-5-12)19-25(21,22)14-8-9-16(18)15(10-14)17(20)24-3/h4-11,19H,1-3H3/t11-/m1/s1. The molecule has 2 rings (SSSR count). The summed E-state index contributed by atoms with van der Waals surface area (Å²) in [6.45, 7) is 1.72. The summed E-state index contributed by atoms with van der Waals surface area (Å²) < 4.78 is 37.4. The van der Waals surface area contributed by atoms with Gasteiger partial charge in [0.1, 0.15) is 5.75 Å². The monoisotopic (exact) mass is 383 g/mol. The normalized spacial score (nSPS) is 12.5.